The third-order valence-corrected chi connectivity index (χ3v) is 7.39. The number of fused-ring (bicyclic) bond motifs is 2. The van der Waals surface area contributed by atoms with Gasteiger partial charge in [0.15, 0.2) is 16.7 Å². The molecular weight excluding hydrogens is 481 g/mol. The molecule has 4 aromatic rings. The van der Waals surface area contributed by atoms with Crippen LogP contribution in [0.15, 0.2) is 70.6 Å². The van der Waals surface area contributed by atoms with E-state index in [9.17, 15) is 9.18 Å². The predicted octanol–water partition coefficient (Wildman–Crippen LogP) is 4.44. The summed E-state index contributed by atoms with van der Waals surface area (Å²) in [4.78, 5) is 20.9. The predicted molar refractivity (Wildman–Crippen MR) is 137 cm³/mol. The summed E-state index contributed by atoms with van der Waals surface area (Å²) in [6, 6.07) is 17.9. The summed E-state index contributed by atoms with van der Waals surface area (Å²) >= 11 is 1.46. The summed E-state index contributed by atoms with van der Waals surface area (Å²) in [6.07, 6.45) is 0. The molecule has 0 unspecified atom stereocenters. The van der Waals surface area contributed by atoms with E-state index in [1.165, 1.54) is 23.9 Å². The lowest BCUT2D eigenvalue weighted by atomic mass is 10.1. The second-order valence-corrected chi connectivity index (χ2v) is 9.63. The monoisotopic (exact) mass is 505 g/mol. The molecule has 0 amide bonds. The van der Waals surface area contributed by atoms with Crippen LogP contribution in [0, 0.1) is 5.82 Å². The van der Waals surface area contributed by atoms with Crippen molar-refractivity contribution in [2.45, 2.75) is 17.5 Å². The number of thioether (sulfide) groups is 1. The maximum atomic E-state index is 13.8. The van der Waals surface area contributed by atoms with Crippen molar-refractivity contribution in [3.63, 3.8) is 0 Å². The first-order valence-electron chi connectivity index (χ1n) is 11.8. The van der Waals surface area contributed by atoms with Crippen LogP contribution in [-0.4, -0.2) is 42.6 Å². The van der Waals surface area contributed by atoms with E-state index >= 15 is 0 Å². The van der Waals surface area contributed by atoms with Gasteiger partial charge in [0, 0.05) is 24.5 Å². The SMILES string of the molecule is O=c1c2cc(N3CCOCC3)ccc2nc(SCc2ccc(F)cc2)n1Cc1ccc2c(c1)OCO2. The van der Waals surface area contributed by atoms with E-state index in [2.05, 4.69) is 4.90 Å². The van der Waals surface area contributed by atoms with Gasteiger partial charge in [0.05, 0.1) is 30.7 Å². The molecule has 36 heavy (non-hydrogen) atoms. The Hall–Kier alpha value is -3.56. The van der Waals surface area contributed by atoms with E-state index in [0.29, 0.717) is 53.1 Å². The number of ether oxygens (including phenoxy) is 3. The highest BCUT2D eigenvalue weighted by Gasteiger charge is 2.18. The average Bonchev–Trinajstić information content (AvgIpc) is 3.39. The minimum Gasteiger partial charge on any atom is -0.454 e. The Kier molecular flexibility index (Phi) is 6.25. The lowest BCUT2D eigenvalue weighted by Gasteiger charge is -2.29. The molecule has 1 aromatic heterocycles. The molecule has 0 spiro atoms. The van der Waals surface area contributed by atoms with Gasteiger partial charge in [0.25, 0.3) is 5.56 Å². The number of morpholine rings is 1. The second-order valence-electron chi connectivity index (χ2n) is 8.69. The summed E-state index contributed by atoms with van der Waals surface area (Å²) in [6.45, 7) is 3.45. The summed E-state index contributed by atoms with van der Waals surface area (Å²) in [5.41, 5.74) is 3.41. The second kappa shape index (κ2) is 9.83. The Morgan fingerprint density at radius 1 is 0.917 bits per heavy atom. The molecule has 184 valence electrons. The molecule has 1 fully saturated rings. The molecule has 0 N–H and O–H groups in total. The van der Waals surface area contributed by atoms with Gasteiger partial charge in [0.2, 0.25) is 6.79 Å². The van der Waals surface area contributed by atoms with Gasteiger partial charge in [-0.3, -0.25) is 9.36 Å². The van der Waals surface area contributed by atoms with Gasteiger partial charge in [-0.1, -0.05) is 30.0 Å². The first-order valence-corrected chi connectivity index (χ1v) is 12.8. The van der Waals surface area contributed by atoms with Crippen LogP contribution in [0.1, 0.15) is 11.1 Å². The van der Waals surface area contributed by atoms with Crippen LogP contribution in [0.5, 0.6) is 11.5 Å². The highest BCUT2D eigenvalue weighted by molar-refractivity contribution is 7.98. The first kappa shape index (κ1) is 22.9. The van der Waals surface area contributed by atoms with E-state index in [0.717, 1.165) is 29.9 Å². The van der Waals surface area contributed by atoms with E-state index in [-0.39, 0.29) is 18.2 Å². The van der Waals surface area contributed by atoms with Crippen molar-refractivity contribution in [1.82, 2.24) is 9.55 Å². The molecule has 2 aliphatic rings. The van der Waals surface area contributed by atoms with E-state index in [1.807, 2.05) is 36.4 Å². The van der Waals surface area contributed by atoms with Crippen molar-refractivity contribution < 1.29 is 18.6 Å². The normalized spacial score (nSPS) is 15.0. The number of halogens is 1. The van der Waals surface area contributed by atoms with Gasteiger partial charge >= 0.3 is 0 Å². The summed E-state index contributed by atoms with van der Waals surface area (Å²) in [5.74, 6) is 1.65. The number of rotatable bonds is 6. The number of benzene rings is 3. The zero-order valence-electron chi connectivity index (χ0n) is 19.5. The molecule has 0 atom stereocenters. The van der Waals surface area contributed by atoms with E-state index < -0.39 is 0 Å². The molecule has 7 nitrogen and oxygen atoms in total. The largest absolute Gasteiger partial charge is 0.454 e. The first-order chi connectivity index (χ1) is 17.6. The Bertz CT molecular complexity index is 1470. The quantitative estimate of drug-likeness (QED) is 0.284. The average molecular weight is 506 g/mol. The van der Waals surface area contributed by atoms with Crippen LogP contribution in [0.2, 0.25) is 0 Å². The van der Waals surface area contributed by atoms with Crippen LogP contribution in [0.3, 0.4) is 0 Å². The van der Waals surface area contributed by atoms with Crippen LogP contribution >= 0.6 is 11.8 Å². The van der Waals surface area contributed by atoms with Crippen molar-refractivity contribution in [1.29, 1.82) is 0 Å². The third-order valence-electron chi connectivity index (χ3n) is 6.34. The van der Waals surface area contributed by atoms with Gasteiger partial charge in [-0.25, -0.2) is 9.37 Å². The molecular formula is C27H24FN3O4S. The molecule has 1 saturated heterocycles. The zero-order chi connectivity index (χ0) is 24.5. The summed E-state index contributed by atoms with van der Waals surface area (Å²) in [7, 11) is 0. The molecule has 9 heteroatoms. The topological polar surface area (TPSA) is 65.8 Å². The maximum Gasteiger partial charge on any atom is 0.262 e. The van der Waals surface area contributed by atoms with Gasteiger partial charge in [-0.15, -0.1) is 0 Å². The van der Waals surface area contributed by atoms with Gasteiger partial charge in [0.1, 0.15) is 5.82 Å². The third kappa shape index (κ3) is 4.64. The summed E-state index contributed by atoms with van der Waals surface area (Å²) in [5, 5.41) is 1.18. The Labute approximate surface area is 211 Å². The Morgan fingerprint density at radius 2 is 1.69 bits per heavy atom. The number of hydrogen-bond acceptors (Lipinski definition) is 7. The minimum atomic E-state index is -0.275. The van der Waals surface area contributed by atoms with Gasteiger partial charge < -0.3 is 19.1 Å². The van der Waals surface area contributed by atoms with Crippen molar-refractivity contribution >= 4 is 28.4 Å². The molecule has 0 aliphatic carbocycles. The number of hydrogen-bond donors (Lipinski definition) is 0. The summed E-state index contributed by atoms with van der Waals surface area (Å²) < 4.78 is 31.5. The minimum absolute atomic E-state index is 0.102. The van der Waals surface area contributed by atoms with Gasteiger partial charge in [-0.2, -0.15) is 0 Å². The molecule has 0 saturated carbocycles. The Morgan fingerprint density at radius 3 is 2.53 bits per heavy atom. The number of anilines is 1. The van der Waals surface area contributed by atoms with Crippen LogP contribution < -0.4 is 19.9 Å². The lowest BCUT2D eigenvalue weighted by Crippen LogP contribution is -2.36. The highest BCUT2D eigenvalue weighted by atomic mass is 32.2. The molecule has 2 aliphatic heterocycles. The van der Waals surface area contributed by atoms with Crippen molar-refractivity contribution in [3.8, 4) is 11.5 Å². The maximum absolute atomic E-state index is 13.8. The molecule has 0 radical (unpaired) electrons. The molecule has 3 heterocycles. The smallest absolute Gasteiger partial charge is 0.262 e. The number of aromatic nitrogens is 2. The molecule has 3 aromatic carbocycles. The Balaban J connectivity index is 1.39. The van der Waals surface area contributed by atoms with Crippen molar-refractivity contribution in [2.24, 2.45) is 0 Å². The lowest BCUT2D eigenvalue weighted by molar-refractivity contribution is 0.122. The zero-order valence-corrected chi connectivity index (χ0v) is 20.3. The van der Waals surface area contributed by atoms with E-state index in [4.69, 9.17) is 19.2 Å². The standard InChI is InChI=1S/C27H24FN3O4S/c28-20-4-1-18(2-5-20)16-36-27-29-23-7-6-21(30-9-11-33-12-10-30)14-22(23)26(32)31(27)15-19-3-8-24-25(13-19)35-17-34-24/h1-8,13-14H,9-12,15-17H2. The van der Waals surface area contributed by atoms with Gasteiger partial charge in [-0.05, 0) is 53.6 Å². The fraction of sp³-hybridized carbons (Fsp3) is 0.259. The van der Waals surface area contributed by atoms with E-state index in [1.54, 1.807) is 16.7 Å². The van der Waals surface area contributed by atoms with Crippen molar-refractivity contribution in [3.05, 3.63) is 88.0 Å². The van der Waals surface area contributed by atoms with Crippen LogP contribution in [-0.2, 0) is 17.0 Å². The van der Waals surface area contributed by atoms with Crippen molar-refractivity contribution in [2.75, 3.05) is 38.0 Å². The fourth-order valence-electron chi connectivity index (χ4n) is 4.41. The van der Waals surface area contributed by atoms with Crippen LogP contribution in [0.4, 0.5) is 10.1 Å². The van der Waals surface area contributed by atoms with Crippen LogP contribution in [0.25, 0.3) is 10.9 Å². The highest BCUT2D eigenvalue weighted by Crippen LogP contribution is 2.33. The number of nitrogens with zero attached hydrogens (tertiary/aromatic N) is 3. The molecule has 0 bridgehead atoms. The fourth-order valence-corrected chi connectivity index (χ4v) is 5.36. The molecule has 6 rings (SSSR count).